The van der Waals surface area contributed by atoms with Crippen LogP contribution in [0.25, 0.3) is 22.3 Å². The second-order valence-electron chi connectivity index (χ2n) is 19.8. The van der Waals surface area contributed by atoms with Crippen LogP contribution in [-0.4, -0.2) is 75.5 Å². The molecule has 5 fully saturated rings. The molecule has 0 radical (unpaired) electrons. The van der Waals surface area contributed by atoms with Crippen LogP contribution in [-0.2, 0) is 40.0 Å². The van der Waals surface area contributed by atoms with Gasteiger partial charge in [0.1, 0.15) is 6.10 Å². The topological polar surface area (TPSA) is 160 Å². The van der Waals surface area contributed by atoms with E-state index in [1.54, 1.807) is 6.92 Å². The van der Waals surface area contributed by atoms with Crippen molar-refractivity contribution in [2.75, 3.05) is 12.4 Å². The average Bonchev–Trinajstić information content (AvgIpc) is 3.79. The van der Waals surface area contributed by atoms with Crippen LogP contribution in [0.3, 0.4) is 0 Å². The molecule has 13 heteroatoms. The third-order valence-corrected chi connectivity index (χ3v) is 18.1. The number of Topliss-reactive ketones (excluding diaryl/α,β-unsaturated/α-hetero) is 1. The maximum Gasteiger partial charge on any atom is 0.335 e. The molecule has 2 saturated heterocycles. The number of hydrogen-bond acceptors (Lipinski definition) is 9. The van der Waals surface area contributed by atoms with E-state index in [2.05, 4.69) is 100 Å². The molecule has 64 heavy (non-hydrogen) atoms. The summed E-state index contributed by atoms with van der Waals surface area (Å²) in [7, 11) is -3.36. The van der Waals surface area contributed by atoms with E-state index in [1.165, 1.54) is 16.7 Å². The Balaban J connectivity index is 0.000000146. The number of fused-ring (bicyclic) bond motifs is 1. The molecule has 1 unspecified atom stereocenters. The number of halogens is 2. The van der Waals surface area contributed by atoms with Crippen molar-refractivity contribution in [1.29, 1.82) is 0 Å². The lowest BCUT2D eigenvalue weighted by Gasteiger charge is -2.36. The van der Waals surface area contributed by atoms with Crippen LogP contribution in [0, 0.1) is 22.7 Å². The summed E-state index contributed by atoms with van der Waals surface area (Å²) in [6.45, 7) is 14.5. The minimum atomic E-state index is -3.36. The summed E-state index contributed by atoms with van der Waals surface area (Å²) in [5.74, 6) is -0.228. The van der Waals surface area contributed by atoms with Crippen molar-refractivity contribution in [2.45, 2.75) is 120 Å². The van der Waals surface area contributed by atoms with E-state index >= 15 is 0 Å². The molecular formula is C51H62Cl2N2O8S. The minimum Gasteiger partial charge on any atom is -0.464 e. The van der Waals surface area contributed by atoms with Crippen molar-refractivity contribution in [3.63, 3.8) is 0 Å². The van der Waals surface area contributed by atoms with E-state index in [0.29, 0.717) is 12.8 Å². The number of nitrogens with two attached hydrogens (primary N) is 1. The number of rotatable bonds is 10. The number of hydroxylamine groups is 1. The molecule has 0 aromatic heterocycles. The lowest BCUT2D eigenvalue weighted by Crippen LogP contribution is -2.48. The quantitative estimate of drug-likeness (QED) is 0.0801. The Hall–Kier alpha value is -3.65. The van der Waals surface area contributed by atoms with Gasteiger partial charge in [-0.15, -0.1) is 0 Å². The summed E-state index contributed by atoms with van der Waals surface area (Å²) in [5.41, 5.74) is 11.1. The lowest BCUT2D eigenvalue weighted by atomic mass is 9.68. The van der Waals surface area contributed by atoms with Gasteiger partial charge in [0.15, 0.2) is 16.2 Å². The molecule has 3 aliphatic carbocycles. The molecule has 4 N–H and O–H groups in total. The number of alkyl halides is 2. The fraction of sp³-hybridized carbons (Fsp3) is 0.490. The predicted molar refractivity (Wildman–Crippen MR) is 252 cm³/mol. The molecule has 3 saturated carbocycles. The molecule has 10 nitrogen and oxygen atoms in total. The second-order valence-corrected chi connectivity index (χ2v) is 23.0. The molecule has 4 aromatic rings. The van der Waals surface area contributed by atoms with Crippen LogP contribution in [0.1, 0.15) is 91.7 Å². The highest BCUT2D eigenvalue weighted by atomic mass is 35.5. The smallest absolute Gasteiger partial charge is 0.335 e. The number of carbonyl (C=O) groups excluding carboxylic acids is 2. The van der Waals surface area contributed by atoms with Crippen molar-refractivity contribution in [3.05, 3.63) is 120 Å². The largest absolute Gasteiger partial charge is 0.464 e. The van der Waals surface area contributed by atoms with Gasteiger partial charge in [0.2, 0.25) is 15.7 Å². The van der Waals surface area contributed by atoms with Crippen molar-refractivity contribution in [1.82, 2.24) is 4.47 Å². The Morgan fingerprint density at radius 1 is 0.875 bits per heavy atom. The van der Waals surface area contributed by atoms with Crippen molar-refractivity contribution < 1.29 is 37.8 Å². The summed E-state index contributed by atoms with van der Waals surface area (Å²) in [6, 6.07) is 36.9. The summed E-state index contributed by atoms with van der Waals surface area (Å²) < 4.78 is 28.9. The number of esters is 1. The molecule has 2 spiro atoms. The van der Waals surface area contributed by atoms with Gasteiger partial charge in [0.25, 0.3) is 0 Å². The first-order valence-electron chi connectivity index (χ1n) is 22.2. The molecule has 5 aliphatic rings. The molecule has 2 bridgehead atoms. The number of aliphatic hydroxyl groups excluding tert-OH is 2. The molecule has 2 heterocycles. The van der Waals surface area contributed by atoms with E-state index in [4.69, 9.17) is 38.5 Å². The molecular weight excluding hydrogens is 872 g/mol. The highest BCUT2D eigenvalue weighted by Crippen LogP contribution is 2.85. The molecule has 8 atom stereocenters. The van der Waals surface area contributed by atoms with E-state index in [-0.39, 0.29) is 58.7 Å². The van der Waals surface area contributed by atoms with E-state index in [1.807, 2.05) is 50.2 Å². The molecule has 4 aromatic carbocycles. The summed E-state index contributed by atoms with van der Waals surface area (Å²) in [5, 5.41) is 19.7. The highest BCUT2D eigenvalue weighted by Gasteiger charge is 2.97. The van der Waals surface area contributed by atoms with Crippen LogP contribution in [0.5, 0.6) is 0 Å². The SMILES string of the molecule is CC(C)(c1ccc(-c2ccccc2)cc1)[C@H]1CC(=O)[C@H](O)C1.CC1(C)[C@@H]2CC[C@@]13CS(=O)(=O)N1O[C@]13C2(Cl)Cl.CCOC(=O)[C@H](O)C[C@H](N)C(C)(C)c1ccc(-c2ccccc2)cc1. The van der Waals surface area contributed by atoms with Gasteiger partial charge >= 0.3 is 5.97 Å². The Labute approximate surface area is 388 Å². The zero-order chi connectivity index (χ0) is 46.7. The molecule has 344 valence electrons. The maximum absolute atomic E-state index is 12.1. The third-order valence-electron chi connectivity index (χ3n) is 15.4. The first-order valence-corrected chi connectivity index (χ1v) is 24.6. The number of carbonyl (C=O) groups is 2. The fourth-order valence-electron chi connectivity index (χ4n) is 10.9. The van der Waals surface area contributed by atoms with Gasteiger partial charge in [-0.2, -0.15) is 0 Å². The van der Waals surface area contributed by atoms with Crippen LogP contribution >= 0.6 is 23.2 Å². The Bertz CT molecular complexity index is 2420. The number of sulfonamides is 1. The molecule has 0 amide bonds. The summed E-state index contributed by atoms with van der Waals surface area (Å²) >= 11 is 13.0. The van der Waals surface area contributed by atoms with Crippen LogP contribution in [0.2, 0.25) is 0 Å². The first kappa shape index (κ1) is 48.3. The van der Waals surface area contributed by atoms with Crippen LogP contribution < -0.4 is 5.73 Å². The van der Waals surface area contributed by atoms with Gasteiger partial charge in [0, 0.05) is 35.6 Å². The standard InChI is InChI=1S/C21H27NO3.C20H22O2.C10H13Cl2NO3S/c1-4-25-20(24)18(23)14-19(22)21(2,3)17-12-10-16(11-13-17)15-8-6-5-7-9-15;1-20(2,17-12-18(21)19(22)13-17)16-10-8-15(9-11-16)14-6-4-3-5-7-14;1-7(2)6-3-4-8(7)5-17(14,15)13-10(8,16-13)9(6,11)12/h5-13,18-19,23H,4,14,22H2,1-3H3;3-11,17-18,21H,12-13H2,1-2H3;6H,3-5H2,1-2H3/t18-,19+;17-,18-;6-,8+,10+,13?/m110/s1. The van der Waals surface area contributed by atoms with Gasteiger partial charge in [-0.1, -0.05) is 174 Å². The predicted octanol–water partition coefficient (Wildman–Crippen LogP) is 9.13. The number of ketones is 1. The van der Waals surface area contributed by atoms with E-state index in [0.717, 1.165) is 34.0 Å². The summed E-state index contributed by atoms with van der Waals surface area (Å²) in [4.78, 5) is 28.7. The van der Waals surface area contributed by atoms with Crippen molar-refractivity contribution in [2.24, 2.45) is 28.4 Å². The van der Waals surface area contributed by atoms with Crippen LogP contribution in [0.4, 0.5) is 0 Å². The first-order chi connectivity index (χ1) is 30.0. The second kappa shape index (κ2) is 17.5. The molecule has 9 rings (SSSR count). The third kappa shape index (κ3) is 8.16. The zero-order valence-corrected chi connectivity index (χ0v) is 40.1. The number of benzene rings is 4. The van der Waals surface area contributed by atoms with E-state index in [9.17, 15) is 28.2 Å². The molecule has 2 aliphatic heterocycles. The van der Waals surface area contributed by atoms with Gasteiger partial charge in [-0.3, -0.25) is 9.63 Å². The van der Waals surface area contributed by atoms with Gasteiger partial charge < -0.3 is 20.7 Å². The number of hydrogen-bond donors (Lipinski definition) is 3. The maximum atomic E-state index is 12.1. The number of ether oxygens (including phenoxy) is 1. The van der Waals surface area contributed by atoms with Gasteiger partial charge in [-0.05, 0) is 80.8 Å². The normalized spacial score (nSPS) is 28.7. The number of nitrogens with zero attached hydrogens (tertiary/aromatic N) is 1. The number of aliphatic hydroxyl groups is 2. The summed E-state index contributed by atoms with van der Waals surface area (Å²) in [6.07, 6.45) is 0.939. The van der Waals surface area contributed by atoms with Crippen molar-refractivity contribution >= 4 is 45.0 Å². The monoisotopic (exact) mass is 932 g/mol. The Morgan fingerprint density at radius 2 is 1.38 bits per heavy atom. The van der Waals surface area contributed by atoms with Gasteiger partial charge in [-0.25, -0.2) is 13.2 Å². The Morgan fingerprint density at radius 3 is 1.83 bits per heavy atom. The minimum absolute atomic E-state index is 0.0148. The average molecular weight is 934 g/mol. The highest BCUT2D eigenvalue weighted by molar-refractivity contribution is 7.89. The zero-order valence-electron chi connectivity index (χ0n) is 37.8. The van der Waals surface area contributed by atoms with Crippen LogP contribution in [0.15, 0.2) is 109 Å². The fourth-order valence-corrected chi connectivity index (χ4v) is 14.7. The van der Waals surface area contributed by atoms with E-state index < -0.39 is 43.7 Å². The van der Waals surface area contributed by atoms with Gasteiger partial charge in [0.05, 0.1) is 12.4 Å². The Kier molecular flexibility index (Phi) is 13.2. The van der Waals surface area contributed by atoms with Crippen molar-refractivity contribution in [3.8, 4) is 22.3 Å². The lowest BCUT2D eigenvalue weighted by molar-refractivity contribution is -0.153.